The third-order valence-corrected chi connectivity index (χ3v) is 3.06. The molecule has 0 fully saturated rings. The molecule has 1 aromatic heterocycles. The summed E-state index contributed by atoms with van der Waals surface area (Å²) in [6.45, 7) is 3.15. The molecule has 0 radical (unpaired) electrons. The SMILES string of the molecule is CCC(C)C(NC(=O)CCc1ccn[nH]1)C(F)(F)F. The van der Waals surface area contributed by atoms with Crippen LogP contribution in [-0.4, -0.2) is 28.3 Å². The lowest BCUT2D eigenvalue weighted by atomic mass is 9.98. The lowest BCUT2D eigenvalue weighted by Crippen LogP contribution is -2.49. The molecule has 0 aromatic carbocycles. The van der Waals surface area contributed by atoms with Crippen molar-refractivity contribution in [1.82, 2.24) is 15.5 Å². The van der Waals surface area contributed by atoms with Crippen LogP contribution in [0.4, 0.5) is 13.2 Å². The molecule has 0 aliphatic rings. The first-order valence-corrected chi connectivity index (χ1v) is 6.19. The van der Waals surface area contributed by atoms with Gasteiger partial charge in [-0.3, -0.25) is 9.89 Å². The number of aryl methyl sites for hydroxylation is 1. The molecule has 0 saturated carbocycles. The number of H-pyrrole nitrogens is 1. The standard InChI is InChI=1S/C12H18F3N3O/c1-3-8(2)11(12(13,14)15)17-10(19)5-4-9-6-7-16-18-9/h6-8,11H,3-5H2,1-2H3,(H,16,18)(H,17,19). The molecule has 1 rings (SSSR count). The molecule has 0 aliphatic carbocycles. The van der Waals surface area contributed by atoms with Crippen molar-refractivity contribution in [3.8, 4) is 0 Å². The van der Waals surface area contributed by atoms with E-state index in [1.807, 2.05) is 0 Å². The second-order valence-corrected chi connectivity index (χ2v) is 4.55. The lowest BCUT2D eigenvalue weighted by Gasteiger charge is -2.26. The number of halogens is 3. The third-order valence-electron chi connectivity index (χ3n) is 3.06. The minimum Gasteiger partial charge on any atom is -0.344 e. The topological polar surface area (TPSA) is 57.8 Å². The molecular weight excluding hydrogens is 259 g/mol. The van der Waals surface area contributed by atoms with Crippen LogP contribution in [0.5, 0.6) is 0 Å². The fourth-order valence-corrected chi connectivity index (χ4v) is 1.70. The van der Waals surface area contributed by atoms with Gasteiger partial charge in [-0.05, 0) is 18.4 Å². The van der Waals surface area contributed by atoms with Crippen molar-refractivity contribution < 1.29 is 18.0 Å². The number of amides is 1. The number of hydrogen-bond donors (Lipinski definition) is 2. The summed E-state index contributed by atoms with van der Waals surface area (Å²) >= 11 is 0. The number of carbonyl (C=O) groups is 1. The van der Waals surface area contributed by atoms with E-state index in [1.54, 1.807) is 13.0 Å². The molecule has 1 amide bonds. The summed E-state index contributed by atoms with van der Waals surface area (Å²) in [5.74, 6) is -1.24. The van der Waals surface area contributed by atoms with E-state index in [4.69, 9.17) is 0 Å². The second kappa shape index (κ2) is 6.58. The molecule has 1 heterocycles. The van der Waals surface area contributed by atoms with Gasteiger partial charge in [0.15, 0.2) is 0 Å². The Morgan fingerprint density at radius 2 is 2.21 bits per heavy atom. The fraction of sp³-hybridized carbons (Fsp3) is 0.667. The van der Waals surface area contributed by atoms with E-state index in [2.05, 4.69) is 15.5 Å². The van der Waals surface area contributed by atoms with Gasteiger partial charge in [-0.15, -0.1) is 0 Å². The summed E-state index contributed by atoms with van der Waals surface area (Å²) in [4.78, 5) is 11.6. The van der Waals surface area contributed by atoms with E-state index >= 15 is 0 Å². The average Bonchev–Trinajstić information content (AvgIpc) is 2.84. The summed E-state index contributed by atoms with van der Waals surface area (Å²) in [6.07, 6.45) is -2.18. The number of rotatable bonds is 6. The Bertz CT molecular complexity index is 389. The smallest absolute Gasteiger partial charge is 0.344 e. The highest BCUT2D eigenvalue weighted by Gasteiger charge is 2.43. The molecule has 2 unspecified atom stereocenters. The quantitative estimate of drug-likeness (QED) is 0.839. The van der Waals surface area contributed by atoms with Gasteiger partial charge in [0.05, 0.1) is 0 Å². The maximum absolute atomic E-state index is 12.8. The van der Waals surface area contributed by atoms with Crippen LogP contribution in [0.15, 0.2) is 12.3 Å². The largest absolute Gasteiger partial charge is 0.408 e. The molecule has 1 aromatic rings. The predicted molar refractivity (Wildman–Crippen MR) is 64.3 cm³/mol. The Balaban J connectivity index is 2.52. The number of alkyl halides is 3. The minimum absolute atomic E-state index is 0.00517. The predicted octanol–water partition coefficient (Wildman–Crippen LogP) is 2.44. The Morgan fingerprint density at radius 1 is 1.53 bits per heavy atom. The summed E-state index contributed by atoms with van der Waals surface area (Å²) in [5.41, 5.74) is 0.724. The zero-order valence-electron chi connectivity index (χ0n) is 10.9. The van der Waals surface area contributed by atoms with E-state index in [1.165, 1.54) is 13.1 Å². The van der Waals surface area contributed by atoms with Crippen LogP contribution in [0.1, 0.15) is 32.4 Å². The summed E-state index contributed by atoms with van der Waals surface area (Å²) in [5, 5.41) is 8.43. The van der Waals surface area contributed by atoms with Crippen LogP contribution in [-0.2, 0) is 11.2 Å². The van der Waals surface area contributed by atoms with Gasteiger partial charge >= 0.3 is 6.18 Å². The van der Waals surface area contributed by atoms with Crippen LogP contribution in [0.25, 0.3) is 0 Å². The molecule has 0 spiro atoms. The van der Waals surface area contributed by atoms with Gasteiger partial charge in [0.1, 0.15) is 6.04 Å². The first-order valence-electron chi connectivity index (χ1n) is 6.19. The summed E-state index contributed by atoms with van der Waals surface area (Å²) < 4.78 is 38.4. The third kappa shape index (κ3) is 4.92. The second-order valence-electron chi connectivity index (χ2n) is 4.55. The fourth-order valence-electron chi connectivity index (χ4n) is 1.70. The van der Waals surface area contributed by atoms with E-state index in [0.717, 1.165) is 5.69 Å². The van der Waals surface area contributed by atoms with Gasteiger partial charge in [-0.2, -0.15) is 18.3 Å². The van der Waals surface area contributed by atoms with Gasteiger partial charge < -0.3 is 5.32 Å². The molecule has 108 valence electrons. The normalized spacial score (nSPS) is 15.0. The highest BCUT2D eigenvalue weighted by molar-refractivity contribution is 5.76. The molecule has 0 saturated heterocycles. The first kappa shape index (κ1) is 15.5. The molecule has 4 nitrogen and oxygen atoms in total. The maximum Gasteiger partial charge on any atom is 0.408 e. The number of carbonyl (C=O) groups excluding carboxylic acids is 1. The van der Waals surface area contributed by atoms with E-state index in [9.17, 15) is 18.0 Å². The Hall–Kier alpha value is -1.53. The number of aromatic amines is 1. The van der Waals surface area contributed by atoms with E-state index in [0.29, 0.717) is 12.8 Å². The molecule has 0 bridgehead atoms. The molecule has 19 heavy (non-hydrogen) atoms. The van der Waals surface area contributed by atoms with Crippen molar-refractivity contribution in [2.24, 2.45) is 5.92 Å². The minimum atomic E-state index is -4.42. The first-order chi connectivity index (χ1) is 8.84. The van der Waals surface area contributed by atoms with Crippen LogP contribution in [0.2, 0.25) is 0 Å². The highest BCUT2D eigenvalue weighted by Crippen LogP contribution is 2.27. The number of hydrogen-bond acceptors (Lipinski definition) is 2. The van der Waals surface area contributed by atoms with Crippen LogP contribution >= 0.6 is 0 Å². The average molecular weight is 277 g/mol. The Labute approximate surface area is 109 Å². The molecule has 7 heteroatoms. The van der Waals surface area contributed by atoms with Crippen molar-refractivity contribution in [2.45, 2.75) is 45.3 Å². The van der Waals surface area contributed by atoms with Crippen molar-refractivity contribution in [1.29, 1.82) is 0 Å². The maximum atomic E-state index is 12.8. The Kier molecular flexibility index (Phi) is 5.38. The van der Waals surface area contributed by atoms with Crippen LogP contribution in [0, 0.1) is 5.92 Å². The number of nitrogens with zero attached hydrogens (tertiary/aromatic N) is 1. The molecular formula is C12H18F3N3O. The highest BCUT2D eigenvalue weighted by atomic mass is 19.4. The molecule has 0 aliphatic heterocycles. The summed E-state index contributed by atoms with van der Waals surface area (Å²) in [6, 6.07) is -0.102. The van der Waals surface area contributed by atoms with Crippen LogP contribution in [0.3, 0.4) is 0 Å². The van der Waals surface area contributed by atoms with Gasteiger partial charge in [0.25, 0.3) is 0 Å². The van der Waals surface area contributed by atoms with Crippen molar-refractivity contribution >= 4 is 5.91 Å². The van der Waals surface area contributed by atoms with Crippen molar-refractivity contribution in [2.75, 3.05) is 0 Å². The van der Waals surface area contributed by atoms with E-state index < -0.39 is 24.0 Å². The van der Waals surface area contributed by atoms with Crippen molar-refractivity contribution in [3.63, 3.8) is 0 Å². The lowest BCUT2D eigenvalue weighted by molar-refractivity contribution is -0.171. The van der Waals surface area contributed by atoms with Gasteiger partial charge in [0, 0.05) is 18.3 Å². The Morgan fingerprint density at radius 3 is 2.68 bits per heavy atom. The van der Waals surface area contributed by atoms with Gasteiger partial charge in [0.2, 0.25) is 5.91 Å². The molecule has 2 atom stereocenters. The zero-order valence-corrected chi connectivity index (χ0v) is 10.9. The van der Waals surface area contributed by atoms with Crippen LogP contribution < -0.4 is 5.32 Å². The zero-order chi connectivity index (χ0) is 14.5. The number of aromatic nitrogens is 2. The number of nitrogens with one attached hydrogen (secondary N) is 2. The van der Waals surface area contributed by atoms with Gasteiger partial charge in [-0.25, -0.2) is 0 Å². The summed E-state index contributed by atoms with van der Waals surface area (Å²) in [7, 11) is 0. The van der Waals surface area contributed by atoms with Crippen molar-refractivity contribution in [3.05, 3.63) is 18.0 Å². The monoisotopic (exact) mass is 277 g/mol. The molecule has 2 N–H and O–H groups in total. The van der Waals surface area contributed by atoms with E-state index in [-0.39, 0.29) is 6.42 Å². The van der Waals surface area contributed by atoms with Gasteiger partial charge in [-0.1, -0.05) is 20.3 Å².